The Hall–Kier alpha value is -0.580. The molecule has 1 saturated heterocycles. The molecule has 0 bridgehead atoms. The second kappa shape index (κ2) is 6.73. The van der Waals surface area contributed by atoms with Gasteiger partial charge in [0.25, 0.3) is 0 Å². The fourth-order valence-electron chi connectivity index (χ4n) is 2.54. The maximum absolute atomic E-state index is 9.40. The highest BCUT2D eigenvalue weighted by molar-refractivity contribution is 9.10. The molecule has 19 heavy (non-hydrogen) atoms. The van der Waals surface area contributed by atoms with Gasteiger partial charge in [-0.3, -0.25) is 0 Å². The molecule has 2 N–H and O–H groups in total. The van der Waals surface area contributed by atoms with Crippen LogP contribution in [-0.4, -0.2) is 30.3 Å². The molecule has 1 unspecified atom stereocenters. The molecule has 0 saturated carbocycles. The van der Waals surface area contributed by atoms with Gasteiger partial charge < -0.3 is 15.3 Å². The van der Waals surface area contributed by atoms with E-state index < -0.39 is 0 Å². The van der Waals surface area contributed by atoms with Gasteiger partial charge in [-0.1, -0.05) is 35.8 Å². The van der Waals surface area contributed by atoms with Crippen LogP contribution in [0.15, 0.2) is 22.7 Å². The predicted octanol–water partition coefficient (Wildman–Crippen LogP) is 2.91. The molecular weight excluding hydrogens is 304 g/mol. The summed E-state index contributed by atoms with van der Waals surface area (Å²) in [6.45, 7) is 6.47. The van der Waals surface area contributed by atoms with E-state index in [1.807, 2.05) is 0 Å². The molecule has 1 aliphatic heterocycles. The van der Waals surface area contributed by atoms with Gasteiger partial charge in [-0.15, -0.1) is 0 Å². The molecule has 2 rings (SSSR count). The van der Waals surface area contributed by atoms with E-state index in [-0.39, 0.29) is 12.6 Å². The second-order valence-electron chi connectivity index (χ2n) is 5.48. The molecule has 3 nitrogen and oxygen atoms in total. The first-order chi connectivity index (χ1) is 9.11. The van der Waals surface area contributed by atoms with Gasteiger partial charge in [-0.2, -0.15) is 0 Å². The Balaban J connectivity index is 2.10. The number of rotatable bonds is 5. The van der Waals surface area contributed by atoms with Crippen molar-refractivity contribution in [3.63, 3.8) is 0 Å². The lowest BCUT2D eigenvalue weighted by Gasteiger charge is -2.26. The Morgan fingerprint density at radius 2 is 2.26 bits per heavy atom. The van der Waals surface area contributed by atoms with Crippen molar-refractivity contribution in [2.75, 3.05) is 18.1 Å². The monoisotopic (exact) mass is 326 g/mol. The number of nitrogens with zero attached hydrogens (tertiary/aromatic N) is 1. The van der Waals surface area contributed by atoms with Gasteiger partial charge in [-0.25, -0.2) is 0 Å². The van der Waals surface area contributed by atoms with Crippen molar-refractivity contribution >= 4 is 21.6 Å². The topological polar surface area (TPSA) is 35.5 Å². The van der Waals surface area contributed by atoms with Crippen LogP contribution in [0.3, 0.4) is 0 Å². The van der Waals surface area contributed by atoms with Crippen LogP contribution in [0.2, 0.25) is 0 Å². The Bertz CT molecular complexity index is 423. The lowest BCUT2D eigenvalue weighted by Crippen LogP contribution is -2.32. The van der Waals surface area contributed by atoms with Crippen LogP contribution in [-0.2, 0) is 6.54 Å². The van der Waals surface area contributed by atoms with Gasteiger partial charge in [0.2, 0.25) is 0 Å². The SMILES string of the molecule is CC(C)NCc1ccc(N2CCCC2CO)cc1Br. The summed E-state index contributed by atoms with van der Waals surface area (Å²) < 4.78 is 1.14. The van der Waals surface area contributed by atoms with Crippen molar-refractivity contribution in [2.45, 2.75) is 45.3 Å². The molecule has 0 aliphatic carbocycles. The molecule has 1 aromatic carbocycles. The van der Waals surface area contributed by atoms with Crippen LogP contribution in [0.5, 0.6) is 0 Å². The number of nitrogens with one attached hydrogen (secondary N) is 1. The van der Waals surface area contributed by atoms with Gasteiger partial charge >= 0.3 is 0 Å². The lowest BCUT2D eigenvalue weighted by molar-refractivity contribution is 0.266. The van der Waals surface area contributed by atoms with Crippen molar-refractivity contribution in [3.05, 3.63) is 28.2 Å². The van der Waals surface area contributed by atoms with E-state index in [1.165, 1.54) is 17.7 Å². The van der Waals surface area contributed by atoms with Crippen LogP contribution in [0, 0.1) is 0 Å². The van der Waals surface area contributed by atoms with Gasteiger partial charge in [0.15, 0.2) is 0 Å². The quantitative estimate of drug-likeness (QED) is 0.873. The highest BCUT2D eigenvalue weighted by Gasteiger charge is 2.24. The summed E-state index contributed by atoms with van der Waals surface area (Å²) in [5.74, 6) is 0. The van der Waals surface area contributed by atoms with Crippen molar-refractivity contribution < 1.29 is 5.11 Å². The highest BCUT2D eigenvalue weighted by Crippen LogP contribution is 2.29. The first-order valence-electron chi connectivity index (χ1n) is 7.01. The number of aliphatic hydroxyl groups excluding tert-OH is 1. The fourth-order valence-corrected chi connectivity index (χ4v) is 3.04. The van der Waals surface area contributed by atoms with Crippen LogP contribution in [0.4, 0.5) is 5.69 Å². The molecule has 0 aromatic heterocycles. The van der Waals surface area contributed by atoms with Gasteiger partial charge in [-0.05, 0) is 30.5 Å². The normalized spacial score (nSPS) is 19.4. The minimum atomic E-state index is 0.244. The molecular formula is C15H23BrN2O. The summed E-state index contributed by atoms with van der Waals surface area (Å²) in [6, 6.07) is 7.28. The van der Waals surface area contributed by atoms with Crippen LogP contribution in [0.25, 0.3) is 0 Å². The second-order valence-corrected chi connectivity index (χ2v) is 6.34. The van der Waals surface area contributed by atoms with Crippen LogP contribution < -0.4 is 10.2 Å². The lowest BCUT2D eigenvalue weighted by atomic mass is 10.1. The van der Waals surface area contributed by atoms with Crippen molar-refractivity contribution in [1.82, 2.24) is 5.32 Å². The summed E-state index contributed by atoms with van der Waals surface area (Å²) in [6.07, 6.45) is 2.25. The first kappa shape index (κ1) is 14.8. The van der Waals surface area contributed by atoms with Crippen molar-refractivity contribution in [3.8, 4) is 0 Å². The molecule has 1 heterocycles. The van der Waals surface area contributed by atoms with Crippen LogP contribution >= 0.6 is 15.9 Å². The van der Waals surface area contributed by atoms with E-state index >= 15 is 0 Å². The van der Waals surface area contributed by atoms with Crippen LogP contribution in [0.1, 0.15) is 32.3 Å². The molecule has 4 heteroatoms. The average molecular weight is 327 g/mol. The summed E-state index contributed by atoms with van der Waals surface area (Å²) in [5, 5.41) is 12.8. The summed E-state index contributed by atoms with van der Waals surface area (Å²) >= 11 is 3.66. The van der Waals surface area contributed by atoms with Crippen molar-refractivity contribution in [2.24, 2.45) is 0 Å². The fraction of sp³-hybridized carbons (Fsp3) is 0.600. The molecule has 0 amide bonds. The number of halogens is 1. The number of hydrogen-bond acceptors (Lipinski definition) is 3. The summed E-state index contributed by atoms with van der Waals surface area (Å²) in [4.78, 5) is 2.31. The third-order valence-corrected chi connectivity index (χ3v) is 4.40. The van der Waals surface area contributed by atoms with Gasteiger partial charge in [0.05, 0.1) is 12.6 Å². The van der Waals surface area contributed by atoms with E-state index in [0.29, 0.717) is 6.04 Å². The van der Waals surface area contributed by atoms with E-state index in [1.54, 1.807) is 0 Å². The maximum Gasteiger partial charge on any atom is 0.0635 e. The molecule has 1 atom stereocenters. The van der Waals surface area contributed by atoms with Gasteiger partial charge in [0.1, 0.15) is 0 Å². The average Bonchev–Trinajstić information content (AvgIpc) is 2.85. The largest absolute Gasteiger partial charge is 0.394 e. The molecule has 0 spiro atoms. The van der Waals surface area contributed by atoms with E-state index in [4.69, 9.17) is 0 Å². The number of benzene rings is 1. The predicted molar refractivity (Wildman–Crippen MR) is 83.6 cm³/mol. The molecule has 106 valence electrons. The number of hydrogen-bond donors (Lipinski definition) is 2. The molecule has 1 aliphatic rings. The third kappa shape index (κ3) is 3.71. The highest BCUT2D eigenvalue weighted by atomic mass is 79.9. The molecule has 0 radical (unpaired) electrons. The smallest absolute Gasteiger partial charge is 0.0635 e. The minimum Gasteiger partial charge on any atom is -0.394 e. The molecule has 1 aromatic rings. The van der Waals surface area contributed by atoms with Crippen molar-refractivity contribution in [1.29, 1.82) is 0 Å². The van der Waals surface area contributed by atoms with E-state index in [2.05, 4.69) is 58.2 Å². The maximum atomic E-state index is 9.40. The standard InChI is InChI=1S/C15H23BrN2O/c1-11(2)17-9-12-5-6-13(8-15(12)16)18-7-3-4-14(18)10-19/h5-6,8,11,14,17,19H,3-4,7,9-10H2,1-2H3. The Kier molecular flexibility index (Phi) is 5.25. The zero-order valence-electron chi connectivity index (χ0n) is 11.7. The minimum absolute atomic E-state index is 0.244. The zero-order chi connectivity index (χ0) is 13.8. The Morgan fingerprint density at radius 3 is 2.89 bits per heavy atom. The van der Waals surface area contributed by atoms with E-state index in [9.17, 15) is 5.11 Å². The van der Waals surface area contributed by atoms with Gasteiger partial charge in [0, 0.05) is 29.3 Å². The Morgan fingerprint density at radius 1 is 1.47 bits per heavy atom. The van der Waals surface area contributed by atoms with E-state index in [0.717, 1.165) is 24.0 Å². The Labute approximate surface area is 124 Å². The number of anilines is 1. The first-order valence-corrected chi connectivity index (χ1v) is 7.80. The number of aliphatic hydroxyl groups is 1. The third-order valence-electron chi connectivity index (χ3n) is 3.66. The zero-order valence-corrected chi connectivity index (χ0v) is 13.3. The summed E-state index contributed by atoms with van der Waals surface area (Å²) in [5.41, 5.74) is 2.48. The molecule has 1 fully saturated rings. The summed E-state index contributed by atoms with van der Waals surface area (Å²) in [7, 11) is 0.